The highest BCUT2D eigenvalue weighted by Crippen LogP contribution is 2.22. The van der Waals surface area contributed by atoms with Crippen LogP contribution in [0, 0.1) is 13.8 Å². The Hall–Kier alpha value is -2.87. The van der Waals surface area contributed by atoms with Gasteiger partial charge in [0.25, 0.3) is 5.91 Å². The summed E-state index contributed by atoms with van der Waals surface area (Å²) >= 11 is 6.33. The molecule has 0 spiro atoms. The molecule has 0 bridgehead atoms. The molecular formula is C20H25ClN4O4. The normalized spacial score (nSPS) is 11.6. The first kappa shape index (κ1) is 22.4. The summed E-state index contributed by atoms with van der Waals surface area (Å²) in [6.07, 6.45) is 0. The molecular weight excluding hydrogens is 396 g/mol. The van der Waals surface area contributed by atoms with Crippen molar-refractivity contribution in [3.63, 3.8) is 0 Å². The van der Waals surface area contributed by atoms with Crippen LogP contribution in [0.1, 0.15) is 41.0 Å². The number of hydrogen-bond acceptors (Lipinski definition) is 5. The van der Waals surface area contributed by atoms with Gasteiger partial charge in [-0.2, -0.15) is 5.10 Å². The van der Waals surface area contributed by atoms with E-state index in [1.807, 2.05) is 31.2 Å². The number of esters is 1. The topological polar surface area (TPSA) is 102 Å². The number of carbonyl (C=O) groups excluding carboxylic acids is 3. The van der Waals surface area contributed by atoms with E-state index in [0.717, 1.165) is 11.1 Å². The molecule has 0 fully saturated rings. The molecule has 2 rings (SSSR count). The fourth-order valence-corrected chi connectivity index (χ4v) is 2.95. The maximum atomic E-state index is 12.4. The summed E-state index contributed by atoms with van der Waals surface area (Å²) in [5.41, 5.74) is 2.64. The number of ether oxygens (including phenoxy) is 1. The predicted molar refractivity (Wildman–Crippen MR) is 109 cm³/mol. The summed E-state index contributed by atoms with van der Waals surface area (Å²) in [5.74, 6) is -1.65. The maximum Gasteiger partial charge on any atom is 0.343 e. The van der Waals surface area contributed by atoms with Crippen LogP contribution in [0.2, 0.25) is 5.15 Å². The number of hydrogen-bond donors (Lipinski definition) is 2. The number of halogens is 1. The van der Waals surface area contributed by atoms with Crippen molar-refractivity contribution in [3.8, 4) is 0 Å². The first-order valence-corrected chi connectivity index (χ1v) is 9.63. The van der Waals surface area contributed by atoms with Gasteiger partial charge in [0.1, 0.15) is 16.8 Å². The molecule has 0 radical (unpaired) electrons. The highest BCUT2D eigenvalue weighted by Gasteiger charge is 2.23. The lowest BCUT2D eigenvalue weighted by Gasteiger charge is -2.13. The minimum atomic E-state index is -0.747. The fraction of sp³-hybridized carbons (Fsp3) is 0.400. The summed E-state index contributed by atoms with van der Waals surface area (Å²) in [5, 5.41) is 9.49. The molecule has 156 valence electrons. The number of carbonyl (C=O) groups is 3. The highest BCUT2D eigenvalue weighted by molar-refractivity contribution is 6.32. The number of rotatable bonds is 8. The quantitative estimate of drug-likeness (QED) is 0.636. The van der Waals surface area contributed by atoms with Crippen LogP contribution in [0.25, 0.3) is 0 Å². The van der Waals surface area contributed by atoms with E-state index in [0.29, 0.717) is 18.8 Å². The van der Waals surface area contributed by atoms with Crippen molar-refractivity contribution in [3.05, 3.63) is 51.8 Å². The molecule has 0 aliphatic carbocycles. The molecule has 1 atom stereocenters. The number of aryl methyl sites for hydroxylation is 2. The molecule has 1 aromatic carbocycles. The molecule has 0 saturated heterocycles. The lowest BCUT2D eigenvalue weighted by atomic mass is 10.1. The molecule has 0 saturated carbocycles. The molecule has 2 aromatic rings. The number of benzene rings is 1. The van der Waals surface area contributed by atoms with Gasteiger partial charge in [-0.1, -0.05) is 41.4 Å². The van der Waals surface area contributed by atoms with E-state index in [4.69, 9.17) is 16.3 Å². The summed E-state index contributed by atoms with van der Waals surface area (Å²) in [7, 11) is 0. The van der Waals surface area contributed by atoms with Gasteiger partial charge in [0.15, 0.2) is 6.61 Å². The SMILES string of the molecule is CCNC(=O)[C@H](C)NC(=O)COC(=O)c1c(C)nn(Cc2ccc(C)cc2)c1Cl. The Morgan fingerprint density at radius 1 is 1.21 bits per heavy atom. The van der Waals surface area contributed by atoms with Crippen LogP contribution >= 0.6 is 11.6 Å². The number of amides is 2. The zero-order valence-corrected chi connectivity index (χ0v) is 17.7. The average Bonchev–Trinajstić information content (AvgIpc) is 2.95. The lowest BCUT2D eigenvalue weighted by Crippen LogP contribution is -2.46. The molecule has 8 nitrogen and oxygen atoms in total. The Kier molecular flexibility index (Phi) is 7.78. The van der Waals surface area contributed by atoms with Crippen LogP contribution in [-0.4, -0.2) is 46.8 Å². The molecule has 2 N–H and O–H groups in total. The van der Waals surface area contributed by atoms with Crippen molar-refractivity contribution in [2.45, 2.75) is 40.3 Å². The molecule has 1 heterocycles. The lowest BCUT2D eigenvalue weighted by molar-refractivity contribution is -0.130. The Balaban J connectivity index is 1.98. The van der Waals surface area contributed by atoms with Crippen molar-refractivity contribution in [2.75, 3.05) is 13.2 Å². The third kappa shape index (κ3) is 6.05. The minimum absolute atomic E-state index is 0.114. The van der Waals surface area contributed by atoms with Crippen LogP contribution in [0.15, 0.2) is 24.3 Å². The monoisotopic (exact) mass is 420 g/mol. The van der Waals surface area contributed by atoms with Gasteiger partial charge in [-0.05, 0) is 33.3 Å². The van der Waals surface area contributed by atoms with E-state index in [2.05, 4.69) is 15.7 Å². The smallest absolute Gasteiger partial charge is 0.343 e. The van der Waals surface area contributed by atoms with Crippen LogP contribution in [0.5, 0.6) is 0 Å². The fourth-order valence-electron chi connectivity index (χ4n) is 2.64. The summed E-state index contributed by atoms with van der Waals surface area (Å²) in [6.45, 7) is 7.29. The summed E-state index contributed by atoms with van der Waals surface area (Å²) < 4.78 is 6.56. The van der Waals surface area contributed by atoms with Gasteiger partial charge in [-0.3, -0.25) is 9.59 Å². The van der Waals surface area contributed by atoms with E-state index >= 15 is 0 Å². The second-order valence-electron chi connectivity index (χ2n) is 6.65. The molecule has 9 heteroatoms. The number of nitrogens with one attached hydrogen (secondary N) is 2. The standard InChI is InChI=1S/C20H25ClN4O4/c1-5-22-19(27)14(4)23-16(26)11-29-20(28)17-13(3)24-25(18(17)21)10-15-8-6-12(2)7-9-15/h6-9,14H,5,10-11H2,1-4H3,(H,22,27)(H,23,26)/t14-/m0/s1. The van der Waals surface area contributed by atoms with Crippen LogP contribution in [0.4, 0.5) is 0 Å². The second-order valence-corrected chi connectivity index (χ2v) is 7.01. The van der Waals surface area contributed by atoms with Crippen molar-refractivity contribution in [1.82, 2.24) is 20.4 Å². The maximum absolute atomic E-state index is 12.4. The van der Waals surface area contributed by atoms with Crippen molar-refractivity contribution in [1.29, 1.82) is 0 Å². The Bertz CT molecular complexity index is 893. The third-order valence-corrected chi connectivity index (χ3v) is 4.56. The third-order valence-electron chi connectivity index (χ3n) is 4.18. The van der Waals surface area contributed by atoms with Gasteiger partial charge >= 0.3 is 5.97 Å². The van der Waals surface area contributed by atoms with E-state index in [1.54, 1.807) is 20.8 Å². The molecule has 2 amide bonds. The number of likely N-dealkylation sites (N-methyl/N-ethyl adjacent to an activating group) is 1. The van der Waals surface area contributed by atoms with E-state index < -0.39 is 24.5 Å². The summed E-state index contributed by atoms with van der Waals surface area (Å²) in [6, 6.07) is 7.15. The largest absolute Gasteiger partial charge is 0.452 e. The first-order valence-electron chi connectivity index (χ1n) is 9.25. The van der Waals surface area contributed by atoms with Gasteiger partial charge in [0.2, 0.25) is 5.91 Å². The second kappa shape index (κ2) is 10.1. The Morgan fingerprint density at radius 3 is 2.48 bits per heavy atom. The average molecular weight is 421 g/mol. The van der Waals surface area contributed by atoms with Crippen molar-refractivity contribution >= 4 is 29.4 Å². The van der Waals surface area contributed by atoms with Crippen molar-refractivity contribution < 1.29 is 19.1 Å². The van der Waals surface area contributed by atoms with Gasteiger partial charge in [0.05, 0.1) is 12.2 Å². The molecule has 0 aliphatic heterocycles. The van der Waals surface area contributed by atoms with Crippen LogP contribution in [0.3, 0.4) is 0 Å². The highest BCUT2D eigenvalue weighted by atomic mass is 35.5. The van der Waals surface area contributed by atoms with Gasteiger partial charge in [0, 0.05) is 6.54 Å². The van der Waals surface area contributed by atoms with E-state index in [-0.39, 0.29) is 16.6 Å². The zero-order chi connectivity index (χ0) is 21.6. The molecule has 1 aromatic heterocycles. The Labute approximate surface area is 174 Å². The number of aromatic nitrogens is 2. The van der Waals surface area contributed by atoms with Gasteiger partial charge < -0.3 is 15.4 Å². The number of nitrogens with zero attached hydrogens (tertiary/aromatic N) is 2. The first-order chi connectivity index (χ1) is 13.7. The molecule has 0 aliphatic rings. The summed E-state index contributed by atoms with van der Waals surface area (Å²) in [4.78, 5) is 36.0. The van der Waals surface area contributed by atoms with Gasteiger partial charge in [-0.25, -0.2) is 9.48 Å². The van der Waals surface area contributed by atoms with Crippen LogP contribution in [-0.2, 0) is 20.9 Å². The van der Waals surface area contributed by atoms with Crippen LogP contribution < -0.4 is 10.6 Å². The van der Waals surface area contributed by atoms with E-state index in [9.17, 15) is 14.4 Å². The minimum Gasteiger partial charge on any atom is -0.452 e. The van der Waals surface area contributed by atoms with E-state index in [1.165, 1.54) is 4.68 Å². The molecule has 29 heavy (non-hydrogen) atoms. The zero-order valence-electron chi connectivity index (χ0n) is 16.9. The van der Waals surface area contributed by atoms with Crippen molar-refractivity contribution in [2.24, 2.45) is 0 Å². The molecule has 0 unspecified atom stereocenters. The van der Waals surface area contributed by atoms with Gasteiger partial charge in [-0.15, -0.1) is 0 Å². The Morgan fingerprint density at radius 2 is 1.86 bits per heavy atom. The predicted octanol–water partition coefficient (Wildman–Crippen LogP) is 2.00.